The van der Waals surface area contributed by atoms with E-state index >= 15 is 0 Å². The van der Waals surface area contributed by atoms with Crippen molar-refractivity contribution in [2.24, 2.45) is 23.7 Å². The number of benzene rings is 1. The number of aliphatic carboxylic acids is 1. The van der Waals surface area contributed by atoms with Crippen LogP contribution in [0.5, 0.6) is 0 Å². The summed E-state index contributed by atoms with van der Waals surface area (Å²) in [4.78, 5) is 29.3. The van der Waals surface area contributed by atoms with E-state index in [2.05, 4.69) is 10.3 Å². The second kappa shape index (κ2) is 7.13. The van der Waals surface area contributed by atoms with Crippen LogP contribution in [-0.2, 0) is 9.59 Å². The van der Waals surface area contributed by atoms with Gasteiger partial charge in [0, 0.05) is 10.9 Å². The van der Waals surface area contributed by atoms with Crippen molar-refractivity contribution in [2.75, 3.05) is 5.32 Å². The number of carboxylic acid groups (broad SMARTS) is 1. The number of carbonyl (C=O) groups excluding carboxylic acids is 1. The molecule has 28 heavy (non-hydrogen) atoms. The minimum atomic E-state index is -0.905. The minimum Gasteiger partial charge on any atom is -0.481 e. The molecule has 0 spiro atoms. The van der Waals surface area contributed by atoms with Gasteiger partial charge in [0.1, 0.15) is 5.82 Å². The monoisotopic (exact) mass is 400 g/mol. The van der Waals surface area contributed by atoms with Gasteiger partial charge in [-0.2, -0.15) is 0 Å². The Balaban J connectivity index is 1.56. The number of nitrogens with one attached hydrogen (secondary N) is 1. The standard InChI is InChI=1S/C21H21FN2O3S/c1-10(2)16-13-7-8-14(16)18(20(26)27)17(13)19(25)24-21-23-15(9-28-21)11-3-5-12(22)6-4-11/h3-6,9,13-14,17-18H,7-8H2,1-2H3,(H,26,27)(H,23,24,25)/t13-,14+,17+,18+/m0/s1. The zero-order valence-electron chi connectivity index (χ0n) is 15.6. The molecule has 0 unspecified atom stereocenters. The number of anilines is 1. The van der Waals surface area contributed by atoms with Crippen LogP contribution in [0.4, 0.5) is 9.52 Å². The Kier molecular flexibility index (Phi) is 4.79. The first kappa shape index (κ1) is 18.8. The summed E-state index contributed by atoms with van der Waals surface area (Å²) in [6.45, 7) is 3.99. The van der Waals surface area contributed by atoms with Crippen molar-refractivity contribution in [2.45, 2.75) is 26.7 Å². The number of nitrogens with zero attached hydrogens (tertiary/aromatic N) is 1. The summed E-state index contributed by atoms with van der Waals surface area (Å²) >= 11 is 1.28. The summed E-state index contributed by atoms with van der Waals surface area (Å²) in [7, 11) is 0. The highest BCUT2D eigenvalue weighted by atomic mass is 32.1. The van der Waals surface area contributed by atoms with Crippen molar-refractivity contribution >= 4 is 28.3 Å². The summed E-state index contributed by atoms with van der Waals surface area (Å²) in [5.74, 6) is -2.81. The van der Waals surface area contributed by atoms with Crippen LogP contribution in [0.1, 0.15) is 26.7 Å². The molecular weight excluding hydrogens is 379 g/mol. The molecule has 2 saturated carbocycles. The molecule has 1 aromatic carbocycles. The number of hydrogen-bond acceptors (Lipinski definition) is 4. The number of thiazole rings is 1. The maximum atomic E-state index is 13.1. The fraction of sp³-hybridized carbons (Fsp3) is 0.381. The first-order chi connectivity index (χ1) is 13.4. The number of fused-ring (bicyclic) bond motifs is 2. The molecule has 2 N–H and O–H groups in total. The van der Waals surface area contributed by atoms with Gasteiger partial charge in [-0.1, -0.05) is 11.1 Å². The van der Waals surface area contributed by atoms with Crippen molar-refractivity contribution in [3.05, 3.63) is 46.6 Å². The van der Waals surface area contributed by atoms with Crippen molar-refractivity contribution in [3.63, 3.8) is 0 Å². The molecule has 2 aliphatic carbocycles. The molecule has 1 aromatic heterocycles. The number of halogens is 1. The van der Waals surface area contributed by atoms with Crippen molar-refractivity contribution in [1.29, 1.82) is 0 Å². The van der Waals surface area contributed by atoms with Gasteiger partial charge >= 0.3 is 5.97 Å². The van der Waals surface area contributed by atoms with Gasteiger partial charge in [0.25, 0.3) is 0 Å². The third-order valence-electron chi connectivity index (χ3n) is 5.88. The van der Waals surface area contributed by atoms with E-state index in [0.717, 1.165) is 29.6 Å². The van der Waals surface area contributed by atoms with Crippen LogP contribution in [0.2, 0.25) is 0 Å². The number of carbonyl (C=O) groups is 2. The zero-order valence-corrected chi connectivity index (χ0v) is 16.4. The molecule has 4 atom stereocenters. The van der Waals surface area contributed by atoms with Crippen LogP contribution >= 0.6 is 11.3 Å². The summed E-state index contributed by atoms with van der Waals surface area (Å²) in [5, 5.41) is 14.8. The molecule has 0 saturated heterocycles. The summed E-state index contributed by atoms with van der Waals surface area (Å²) in [6, 6.07) is 5.99. The van der Waals surface area contributed by atoms with E-state index in [0.29, 0.717) is 10.8 Å². The van der Waals surface area contributed by atoms with Crippen LogP contribution < -0.4 is 5.32 Å². The second-order valence-electron chi connectivity index (χ2n) is 7.67. The molecule has 0 radical (unpaired) electrons. The van der Waals surface area contributed by atoms with Gasteiger partial charge in [-0.15, -0.1) is 11.3 Å². The molecule has 2 bridgehead atoms. The molecule has 5 nitrogen and oxygen atoms in total. The lowest BCUT2D eigenvalue weighted by Crippen LogP contribution is -2.37. The molecule has 1 heterocycles. The minimum absolute atomic E-state index is 0.00682. The van der Waals surface area contributed by atoms with E-state index in [9.17, 15) is 19.1 Å². The molecule has 2 fully saturated rings. The average molecular weight is 400 g/mol. The van der Waals surface area contributed by atoms with Crippen LogP contribution in [-0.4, -0.2) is 22.0 Å². The van der Waals surface area contributed by atoms with E-state index in [-0.39, 0.29) is 23.6 Å². The maximum Gasteiger partial charge on any atom is 0.307 e. The molecule has 2 aliphatic rings. The van der Waals surface area contributed by atoms with Crippen LogP contribution in [0.3, 0.4) is 0 Å². The molecule has 0 aliphatic heterocycles. The van der Waals surface area contributed by atoms with Gasteiger partial charge in [-0.05, 0) is 62.8 Å². The zero-order chi connectivity index (χ0) is 20.0. The first-order valence-corrected chi connectivity index (χ1v) is 10.2. The van der Waals surface area contributed by atoms with Gasteiger partial charge in [-0.3, -0.25) is 9.59 Å². The molecular formula is C21H21FN2O3S. The SMILES string of the molecule is CC(C)=C1[C@H]2CC[C@@H]1[C@@H](C(=O)Nc1nc(-c3ccc(F)cc3)cs1)[C@@H]2C(=O)O. The smallest absolute Gasteiger partial charge is 0.307 e. The fourth-order valence-corrected chi connectivity index (χ4v) is 5.60. The number of carboxylic acids is 1. The lowest BCUT2D eigenvalue weighted by molar-refractivity contribution is -0.148. The number of allylic oxidation sites excluding steroid dienone is 2. The topological polar surface area (TPSA) is 79.3 Å². The number of amides is 1. The fourth-order valence-electron chi connectivity index (χ4n) is 4.88. The average Bonchev–Trinajstić information content (AvgIpc) is 3.35. The van der Waals surface area contributed by atoms with Gasteiger partial charge in [0.2, 0.25) is 5.91 Å². The predicted molar refractivity (Wildman–Crippen MR) is 105 cm³/mol. The Labute approximate surface area is 166 Å². The largest absolute Gasteiger partial charge is 0.481 e. The lowest BCUT2D eigenvalue weighted by atomic mass is 9.79. The third kappa shape index (κ3) is 3.13. The van der Waals surface area contributed by atoms with Crippen molar-refractivity contribution in [1.82, 2.24) is 4.98 Å². The summed E-state index contributed by atoms with van der Waals surface area (Å²) in [6.07, 6.45) is 1.68. The van der Waals surface area contributed by atoms with E-state index in [1.165, 1.54) is 23.5 Å². The van der Waals surface area contributed by atoms with E-state index in [1.807, 2.05) is 13.8 Å². The van der Waals surface area contributed by atoms with Crippen LogP contribution in [0.15, 0.2) is 40.8 Å². The van der Waals surface area contributed by atoms with E-state index in [4.69, 9.17) is 0 Å². The Hall–Kier alpha value is -2.54. The number of hydrogen-bond donors (Lipinski definition) is 2. The Morgan fingerprint density at radius 2 is 1.79 bits per heavy atom. The first-order valence-electron chi connectivity index (χ1n) is 9.29. The van der Waals surface area contributed by atoms with Crippen molar-refractivity contribution in [3.8, 4) is 11.3 Å². The highest BCUT2D eigenvalue weighted by Crippen LogP contribution is 2.57. The molecule has 2 aromatic rings. The number of aromatic nitrogens is 1. The Morgan fingerprint density at radius 1 is 1.14 bits per heavy atom. The van der Waals surface area contributed by atoms with Gasteiger partial charge in [0.05, 0.1) is 17.5 Å². The molecule has 1 amide bonds. The van der Waals surface area contributed by atoms with Crippen LogP contribution in [0, 0.1) is 29.5 Å². The molecule has 146 valence electrons. The van der Waals surface area contributed by atoms with Gasteiger partial charge < -0.3 is 10.4 Å². The van der Waals surface area contributed by atoms with Gasteiger partial charge in [0.15, 0.2) is 5.13 Å². The van der Waals surface area contributed by atoms with Gasteiger partial charge in [-0.25, -0.2) is 9.37 Å². The summed E-state index contributed by atoms with van der Waals surface area (Å²) < 4.78 is 13.1. The third-order valence-corrected chi connectivity index (χ3v) is 6.64. The normalized spacial score (nSPS) is 25.8. The van der Waals surface area contributed by atoms with E-state index in [1.54, 1.807) is 17.5 Å². The highest BCUT2D eigenvalue weighted by Gasteiger charge is 2.57. The molecule has 4 rings (SSSR count). The maximum absolute atomic E-state index is 13.1. The quantitative estimate of drug-likeness (QED) is 0.736. The van der Waals surface area contributed by atoms with Crippen molar-refractivity contribution < 1.29 is 19.1 Å². The second-order valence-corrected chi connectivity index (χ2v) is 8.53. The molecule has 7 heteroatoms. The Morgan fingerprint density at radius 3 is 2.39 bits per heavy atom. The number of rotatable bonds is 4. The van der Waals surface area contributed by atoms with E-state index < -0.39 is 17.8 Å². The Bertz CT molecular complexity index is 962. The lowest BCUT2D eigenvalue weighted by Gasteiger charge is -2.25. The highest BCUT2D eigenvalue weighted by molar-refractivity contribution is 7.14. The van der Waals surface area contributed by atoms with Crippen LogP contribution in [0.25, 0.3) is 11.3 Å². The summed E-state index contributed by atoms with van der Waals surface area (Å²) in [5.41, 5.74) is 3.68. The predicted octanol–water partition coefficient (Wildman–Crippen LogP) is 4.58.